The molecule has 2 aromatic rings. The van der Waals surface area contributed by atoms with Gasteiger partial charge in [0.15, 0.2) is 5.76 Å². The number of aliphatic hydroxyl groups excluding tert-OH is 1. The molecule has 0 aliphatic carbocycles. The average molecular weight is 386 g/mol. The number of hydrogen-bond donors (Lipinski definition) is 1. The topological polar surface area (TPSA) is 107 Å². The van der Waals surface area contributed by atoms with E-state index >= 15 is 0 Å². The maximum absolute atomic E-state index is 12.8. The molecule has 0 atom stereocenters. The molecule has 1 saturated heterocycles. The van der Waals surface area contributed by atoms with Crippen LogP contribution in [0.25, 0.3) is 11.7 Å². The Morgan fingerprint density at radius 1 is 1.43 bits per heavy atom. The summed E-state index contributed by atoms with van der Waals surface area (Å²) in [6, 6.07) is 5.54. The highest BCUT2D eigenvalue weighted by molar-refractivity contribution is 5.79. The number of unbranched alkanes of at least 4 members (excludes halogenated alkanes) is 1. The Morgan fingerprint density at radius 2 is 2.21 bits per heavy atom. The lowest BCUT2D eigenvalue weighted by Gasteiger charge is -2.34. The monoisotopic (exact) mass is 386 g/mol. The van der Waals surface area contributed by atoms with Crippen LogP contribution < -0.4 is 4.90 Å². The number of piperidine rings is 1. The molecule has 2 aromatic heterocycles. The summed E-state index contributed by atoms with van der Waals surface area (Å²) in [5.41, 5.74) is 0.223. The Bertz CT molecular complexity index is 801. The summed E-state index contributed by atoms with van der Waals surface area (Å²) in [6.07, 6.45) is 4.82. The molecule has 3 heterocycles. The molecule has 150 valence electrons. The van der Waals surface area contributed by atoms with E-state index in [1.165, 1.54) is 6.26 Å². The van der Waals surface area contributed by atoms with Crippen LogP contribution in [-0.4, -0.2) is 53.7 Å². The van der Waals surface area contributed by atoms with Gasteiger partial charge in [-0.05, 0) is 31.4 Å². The first-order valence-corrected chi connectivity index (χ1v) is 9.77. The van der Waals surface area contributed by atoms with Crippen LogP contribution in [0.5, 0.6) is 0 Å². The van der Waals surface area contributed by atoms with Gasteiger partial charge in [0.25, 0.3) is 5.89 Å². The van der Waals surface area contributed by atoms with Crippen LogP contribution in [0.2, 0.25) is 0 Å². The van der Waals surface area contributed by atoms with Gasteiger partial charge in [0, 0.05) is 32.1 Å². The number of furan rings is 1. The second kappa shape index (κ2) is 9.42. The molecule has 0 unspecified atom stereocenters. The zero-order valence-electron chi connectivity index (χ0n) is 16.1. The fraction of sp³-hybridized carbons (Fsp3) is 0.550. The highest BCUT2D eigenvalue weighted by Gasteiger charge is 2.31. The van der Waals surface area contributed by atoms with Crippen molar-refractivity contribution in [2.75, 3.05) is 37.7 Å². The number of nitrogens with zero attached hydrogens (tertiary/aromatic N) is 4. The van der Waals surface area contributed by atoms with E-state index < -0.39 is 0 Å². The summed E-state index contributed by atoms with van der Waals surface area (Å²) in [5, 5.41) is 18.7. The van der Waals surface area contributed by atoms with Crippen molar-refractivity contribution in [3.8, 4) is 17.7 Å². The molecule has 28 heavy (non-hydrogen) atoms. The van der Waals surface area contributed by atoms with Crippen LogP contribution in [0.3, 0.4) is 0 Å². The molecule has 3 rings (SSSR count). The summed E-state index contributed by atoms with van der Waals surface area (Å²) in [4.78, 5) is 20.8. The number of carbonyl (C=O) groups excluding carboxylic acids is 1. The molecular formula is C20H26N4O4. The van der Waals surface area contributed by atoms with Gasteiger partial charge in [0.1, 0.15) is 6.07 Å². The molecule has 0 aromatic carbocycles. The molecule has 0 bridgehead atoms. The number of oxazole rings is 1. The van der Waals surface area contributed by atoms with Crippen LogP contribution in [0.4, 0.5) is 5.88 Å². The van der Waals surface area contributed by atoms with E-state index in [-0.39, 0.29) is 30.0 Å². The smallest absolute Gasteiger partial charge is 0.266 e. The minimum absolute atomic E-state index is 0.0204. The van der Waals surface area contributed by atoms with Crippen molar-refractivity contribution >= 4 is 11.8 Å². The fourth-order valence-electron chi connectivity index (χ4n) is 3.49. The van der Waals surface area contributed by atoms with Crippen molar-refractivity contribution in [1.82, 2.24) is 9.88 Å². The van der Waals surface area contributed by atoms with Crippen LogP contribution in [0.1, 0.15) is 38.3 Å². The first-order valence-electron chi connectivity index (χ1n) is 9.77. The van der Waals surface area contributed by atoms with Gasteiger partial charge in [-0.2, -0.15) is 10.2 Å². The van der Waals surface area contributed by atoms with Gasteiger partial charge in [-0.1, -0.05) is 13.3 Å². The van der Waals surface area contributed by atoms with E-state index in [9.17, 15) is 15.2 Å². The van der Waals surface area contributed by atoms with E-state index in [4.69, 9.17) is 8.83 Å². The van der Waals surface area contributed by atoms with E-state index in [0.717, 1.165) is 12.8 Å². The van der Waals surface area contributed by atoms with Crippen LogP contribution >= 0.6 is 0 Å². The van der Waals surface area contributed by atoms with Gasteiger partial charge >= 0.3 is 0 Å². The second-order valence-corrected chi connectivity index (χ2v) is 6.93. The number of aromatic nitrogens is 1. The number of amides is 1. The first-order chi connectivity index (χ1) is 13.7. The zero-order chi connectivity index (χ0) is 19.9. The van der Waals surface area contributed by atoms with Crippen molar-refractivity contribution < 1.29 is 18.7 Å². The standard InChI is InChI=1S/C20H26N4O4/c1-2-3-8-23(11-12-25)19(26)15-6-9-24(10-7-15)20-16(14-21)22-18(28-20)17-5-4-13-27-17/h4-5,13,15,25H,2-3,6-12H2,1H3. The normalized spacial score (nSPS) is 14.8. The van der Waals surface area contributed by atoms with Crippen molar-refractivity contribution in [2.24, 2.45) is 5.92 Å². The molecule has 1 N–H and O–H groups in total. The number of nitriles is 1. The lowest BCUT2D eigenvalue weighted by Crippen LogP contribution is -2.44. The van der Waals surface area contributed by atoms with Gasteiger partial charge in [-0.25, -0.2) is 0 Å². The molecule has 0 radical (unpaired) electrons. The van der Waals surface area contributed by atoms with Crippen molar-refractivity contribution in [3.05, 3.63) is 24.1 Å². The SMILES string of the molecule is CCCCN(CCO)C(=O)C1CCN(c2oc(-c3ccco3)nc2C#N)CC1. The number of carbonyl (C=O) groups is 1. The van der Waals surface area contributed by atoms with Gasteiger partial charge in [0.2, 0.25) is 17.5 Å². The third-order valence-corrected chi connectivity index (χ3v) is 5.04. The molecule has 1 amide bonds. The predicted octanol–water partition coefficient (Wildman–Crippen LogP) is 2.64. The first kappa shape index (κ1) is 20.0. The Labute approximate surface area is 164 Å². The molecule has 8 heteroatoms. The number of rotatable bonds is 8. The van der Waals surface area contributed by atoms with Gasteiger partial charge in [0.05, 0.1) is 12.9 Å². The third kappa shape index (κ3) is 4.37. The molecule has 8 nitrogen and oxygen atoms in total. The Morgan fingerprint density at radius 3 is 2.82 bits per heavy atom. The summed E-state index contributed by atoms with van der Waals surface area (Å²) in [5.74, 6) is 1.22. The third-order valence-electron chi connectivity index (χ3n) is 5.04. The summed E-state index contributed by atoms with van der Waals surface area (Å²) in [7, 11) is 0. The molecular weight excluding hydrogens is 360 g/mol. The van der Waals surface area contributed by atoms with E-state index in [1.807, 2.05) is 4.90 Å². The highest BCUT2D eigenvalue weighted by atomic mass is 16.4. The molecule has 1 aliphatic rings. The lowest BCUT2D eigenvalue weighted by molar-refractivity contribution is -0.136. The largest absolute Gasteiger partial charge is 0.459 e. The van der Waals surface area contributed by atoms with Crippen molar-refractivity contribution in [1.29, 1.82) is 5.26 Å². The number of hydrogen-bond acceptors (Lipinski definition) is 7. The minimum atomic E-state index is -0.0716. The van der Waals surface area contributed by atoms with E-state index in [0.29, 0.717) is 50.7 Å². The number of aliphatic hydroxyl groups is 1. The quantitative estimate of drug-likeness (QED) is 0.743. The fourth-order valence-corrected chi connectivity index (χ4v) is 3.49. The number of anilines is 1. The Balaban J connectivity index is 1.65. The Kier molecular flexibility index (Phi) is 6.71. The van der Waals surface area contributed by atoms with Gasteiger partial charge < -0.3 is 23.7 Å². The maximum atomic E-state index is 12.8. The van der Waals surface area contributed by atoms with E-state index in [1.54, 1.807) is 17.0 Å². The van der Waals surface area contributed by atoms with Crippen molar-refractivity contribution in [2.45, 2.75) is 32.6 Å². The Hall–Kier alpha value is -2.79. The summed E-state index contributed by atoms with van der Waals surface area (Å²) >= 11 is 0. The molecule has 1 aliphatic heterocycles. The summed E-state index contributed by atoms with van der Waals surface area (Å²) in [6.45, 7) is 4.35. The van der Waals surface area contributed by atoms with Gasteiger partial charge in [-0.3, -0.25) is 4.79 Å². The minimum Gasteiger partial charge on any atom is -0.459 e. The molecule has 0 spiro atoms. The predicted molar refractivity (Wildman–Crippen MR) is 102 cm³/mol. The molecule has 0 saturated carbocycles. The van der Waals surface area contributed by atoms with Crippen LogP contribution in [0, 0.1) is 17.2 Å². The highest BCUT2D eigenvalue weighted by Crippen LogP contribution is 2.31. The average Bonchev–Trinajstić information content (AvgIpc) is 3.40. The second-order valence-electron chi connectivity index (χ2n) is 6.93. The van der Waals surface area contributed by atoms with E-state index in [2.05, 4.69) is 18.0 Å². The van der Waals surface area contributed by atoms with Crippen LogP contribution in [0.15, 0.2) is 27.2 Å². The summed E-state index contributed by atoms with van der Waals surface area (Å²) < 4.78 is 11.1. The lowest BCUT2D eigenvalue weighted by atomic mass is 9.95. The van der Waals surface area contributed by atoms with Crippen LogP contribution in [-0.2, 0) is 4.79 Å². The molecule has 1 fully saturated rings. The van der Waals surface area contributed by atoms with Crippen molar-refractivity contribution in [3.63, 3.8) is 0 Å². The maximum Gasteiger partial charge on any atom is 0.266 e. The zero-order valence-corrected chi connectivity index (χ0v) is 16.1. The van der Waals surface area contributed by atoms with Gasteiger partial charge in [-0.15, -0.1) is 0 Å².